The average molecular weight is 306 g/mol. The van der Waals surface area contributed by atoms with Gasteiger partial charge in [0.25, 0.3) is 0 Å². The first-order valence-corrected chi connectivity index (χ1v) is 7.40. The van der Waals surface area contributed by atoms with Gasteiger partial charge in [-0.05, 0) is 32.4 Å². The molecule has 0 amide bonds. The molecule has 0 saturated heterocycles. The van der Waals surface area contributed by atoms with Crippen molar-refractivity contribution >= 4 is 27.7 Å². The number of anilines is 2. The van der Waals surface area contributed by atoms with Gasteiger partial charge in [0.15, 0.2) is 5.00 Å². The van der Waals surface area contributed by atoms with Crippen molar-refractivity contribution in [3.63, 3.8) is 0 Å². The number of hydrogen-bond donors (Lipinski definition) is 1. The number of benzene rings is 1. The van der Waals surface area contributed by atoms with Gasteiger partial charge in [-0.15, -0.1) is 11.3 Å². The minimum Gasteiger partial charge on any atom is -0.388 e. The predicted molar refractivity (Wildman–Crippen MR) is 85.6 cm³/mol. The Morgan fingerprint density at radius 3 is 2.52 bits per heavy atom. The summed E-state index contributed by atoms with van der Waals surface area (Å²) < 4.78 is 0. The van der Waals surface area contributed by atoms with Crippen LogP contribution in [0, 0.1) is 24.0 Å². The zero-order valence-electron chi connectivity index (χ0n) is 12.5. The lowest BCUT2D eigenvalue weighted by Crippen LogP contribution is -2.10. The second kappa shape index (κ2) is 5.83. The van der Waals surface area contributed by atoms with Crippen LogP contribution in [0.1, 0.15) is 29.0 Å². The molecule has 1 atom stereocenters. The van der Waals surface area contributed by atoms with Crippen molar-refractivity contribution in [1.82, 2.24) is 0 Å². The Balaban J connectivity index is 2.51. The van der Waals surface area contributed by atoms with Crippen LogP contribution in [-0.2, 0) is 0 Å². The normalized spacial score (nSPS) is 12.2. The fraction of sp³-hybridized carbons (Fsp3) is 0.333. The number of thiophene rings is 1. The van der Waals surface area contributed by atoms with E-state index in [2.05, 4.69) is 0 Å². The SMILES string of the molecule is Cc1ccc(N(C)c2sc([C@H](C)O)cc2[N+](=O)[O-])c(C)c1. The van der Waals surface area contributed by atoms with Gasteiger partial charge >= 0.3 is 5.69 Å². The maximum atomic E-state index is 11.2. The monoisotopic (exact) mass is 306 g/mol. The van der Waals surface area contributed by atoms with Gasteiger partial charge in [-0.3, -0.25) is 10.1 Å². The van der Waals surface area contributed by atoms with Gasteiger partial charge in [0.2, 0.25) is 0 Å². The fourth-order valence-corrected chi connectivity index (χ4v) is 3.30. The van der Waals surface area contributed by atoms with E-state index in [0.717, 1.165) is 16.8 Å². The van der Waals surface area contributed by atoms with Crippen molar-refractivity contribution in [2.75, 3.05) is 11.9 Å². The van der Waals surface area contributed by atoms with Gasteiger partial charge in [-0.2, -0.15) is 0 Å². The van der Waals surface area contributed by atoms with E-state index in [4.69, 9.17) is 0 Å². The minimum atomic E-state index is -0.713. The third kappa shape index (κ3) is 3.06. The highest BCUT2D eigenvalue weighted by Gasteiger charge is 2.25. The van der Waals surface area contributed by atoms with Crippen LogP contribution in [0.3, 0.4) is 0 Å². The molecule has 0 aliphatic rings. The summed E-state index contributed by atoms with van der Waals surface area (Å²) in [5.74, 6) is 0. The number of aliphatic hydroxyl groups excluding tert-OH is 1. The summed E-state index contributed by atoms with van der Waals surface area (Å²) in [4.78, 5) is 13.2. The molecule has 6 heteroatoms. The molecule has 0 unspecified atom stereocenters. The van der Waals surface area contributed by atoms with Crippen LogP contribution >= 0.6 is 11.3 Å². The van der Waals surface area contributed by atoms with Gasteiger partial charge in [-0.25, -0.2) is 0 Å². The van der Waals surface area contributed by atoms with E-state index in [1.54, 1.807) is 6.92 Å². The highest BCUT2D eigenvalue weighted by molar-refractivity contribution is 7.16. The summed E-state index contributed by atoms with van der Waals surface area (Å²) in [6.45, 7) is 5.60. The number of nitrogens with zero attached hydrogens (tertiary/aromatic N) is 2. The number of rotatable bonds is 4. The zero-order valence-corrected chi connectivity index (χ0v) is 13.3. The first kappa shape index (κ1) is 15.5. The third-order valence-corrected chi connectivity index (χ3v) is 4.71. The summed E-state index contributed by atoms with van der Waals surface area (Å²) in [5.41, 5.74) is 3.15. The molecule has 0 aliphatic heterocycles. The van der Waals surface area contributed by atoms with E-state index < -0.39 is 11.0 Å². The van der Waals surface area contributed by atoms with E-state index in [1.165, 1.54) is 17.4 Å². The molecule has 0 fully saturated rings. The maximum Gasteiger partial charge on any atom is 0.304 e. The van der Waals surface area contributed by atoms with Crippen molar-refractivity contribution in [3.8, 4) is 0 Å². The molecular formula is C15H18N2O3S. The Morgan fingerprint density at radius 2 is 2.00 bits per heavy atom. The fourth-order valence-electron chi connectivity index (χ4n) is 2.26. The second-order valence-electron chi connectivity index (χ2n) is 5.12. The Hall–Kier alpha value is -1.92. The van der Waals surface area contributed by atoms with Gasteiger partial charge in [0.1, 0.15) is 0 Å². The van der Waals surface area contributed by atoms with Crippen molar-refractivity contribution in [1.29, 1.82) is 0 Å². The summed E-state index contributed by atoms with van der Waals surface area (Å²) >= 11 is 1.25. The minimum absolute atomic E-state index is 0.0263. The van der Waals surface area contributed by atoms with E-state index in [1.807, 2.05) is 44.0 Å². The quantitative estimate of drug-likeness (QED) is 0.682. The van der Waals surface area contributed by atoms with Crippen LogP contribution in [0.4, 0.5) is 16.4 Å². The molecule has 1 aromatic carbocycles. The summed E-state index contributed by atoms with van der Waals surface area (Å²) in [7, 11) is 1.81. The molecule has 21 heavy (non-hydrogen) atoms. The lowest BCUT2D eigenvalue weighted by molar-refractivity contribution is -0.383. The van der Waals surface area contributed by atoms with Crippen LogP contribution in [0.25, 0.3) is 0 Å². The predicted octanol–water partition coefficient (Wildman–Crippen LogP) is 4.09. The van der Waals surface area contributed by atoms with E-state index in [9.17, 15) is 15.2 Å². The Kier molecular flexibility index (Phi) is 4.29. The standard InChI is InChI=1S/C15H18N2O3S/c1-9-5-6-12(10(2)7-9)16(4)15-13(17(19)20)8-14(21-15)11(3)18/h5-8,11,18H,1-4H3/t11-/m0/s1. The average Bonchev–Trinajstić information content (AvgIpc) is 2.83. The van der Waals surface area contributed by atoms with Crippen LogP contribution in [-0.4, -0.2) is 17.1 Å². The maximum absolute atomic E-state index is 11.2. The van der Waals surface area contributed by atoms with E-state index in [-0.39, 0.29) is 5.69 Å². The van der Waals surface area contributed by atoms with E-state index >= 15 is 0 Å². The van der Waals surface area contributed by atoms with Gasteiger partial charge < -0.3 is 10.0 Å². The first-order valence-electron chi connectivity index (χ1n) is 6.58. The highest BCUT2D eigenvalue weighted by atomic mass is 32.1. The Bertz CT molecular complexity index is 680. The second-order valence-corrected chi connectivity index (χ2v) is 6.18. The molecule has 0 radical (unpaired) electrons. The van der Waals surface area contributed by atoms with Crippen molar-refractivity contribution < 1.29 is 10.0 Å². The summed E-state index contributed by atoms with van der Waals surface area (Å²) in [5, 5.41) is 21.4. The Morgan fingerprint density at radius 1 is 1.33 bits per heavy atom. The molecule has 0 spiro atoms. The molecule has 0 bridgehead atoms. The number of aryl methyl sites for hydroxylation is 2. The lowest BCUT2D eigenvalue weighted by atomic mass is 10.1. The molecule has 1 N–H and O–H groups in total. The molecule has 1 aromatic heterocycles. The smallest absolute Gasteiger partial charge is 0.304 e. The number of aliphatic hydroxyl groups is 1. The third-order valence-electron chi connectivity index (χ3n) is 3.34. The van der Waals surface area contributed by atoms with Crippen LogP contribution in [0.2, 0.25) is 0 Å². The zero-order chi connectivity index (χ0) is 15.7. The molecular weight excluding hydrogens is 288 g/mol. The van der Waals surface area contributed by atoms with Gasteiger partial charge in [-0.1, -0.05) is 17.7 Å². The van der Waals surface area contributed by atoms with Crippen LogP contribution in [0.5, 0.6) is 0 Å². The molecule has 112 valence electrons. The van der Waals surface area contributed by atoms with Gasteiger partial charge in [0, 0.05) is 23.7 Å². The Labute approximate surface area is 127 Å². The molecule has 1 heterocycles. The van der Waals surface area contributed by atoms with Crippen molar-refractivity contribution in [2.45, 2.75) is 26.9 Å². The highest BCUT2D eigenvalue weighted by Crippen LogP contribution is 2.42. The van der Waals surface area contributed by atoms with Gasteiger partial charge in [0.05, 0.1) is 11.0 Å². The van der Waals surface area contributed by atoms with Crippen LogP contribution < -0.4 is 4.90 Å². The number of hydrogen-bond acceptors (Lipinski definition) is 5. The van der Waals surface area contributed by atoms with Crippen molar-refractivity contribution in [3.05, 3.63) is 50.4 Å². The molecule has 5 nitrogen and oxygen atoms in total. The summed E-state index contributed by atoms with van der Waals surface area (Å²) in [6.07, 6.45) is -0.713. The summed E-state index contributed by atoms with van der Waals surface area (Å²) in [6, 6.07) is 7.43. The molecule has 0 saturated carbocycles. The molecule has 2 rings (SSSR count). The van der Waals surface area contributed by atoms with Crippen LogP contribution in [0.15, 0.2) is 24.3 Å². The lowest BCUT2D eigenvalue weighted by Gasteiger charge is -2.19. The van der Waals surface area contributed by atoms with Crippen molar-refractivity contribution in [2.24, 2.45) is 0 Å². The molecule has 2 aromatic rings. The largest absolute Gasteiger partial charge is 0.388 e. The first-order chi connectivity index (χ1) is 9.81. The van der Waals surface area contributed by atoms with E-state index in [0.29, 0.717) is 9.88 Å². The topological polar surface area (TPSA) is 66.6 Å². The molecule has 0 aliphatic carbocycles. The number of nitro groups is 1.